The van der Waals surface area contributed by atoms with Crippen LogP contribution in [0.3, 0.4) is 0 Å². The molecule has 1 N–H and O–H groups in total. The van der Waals surface area contributed by atoms with E-state index < -0.39 is 17.2 Å². The maximum atomic E-state index is 12.9. The first-order chi connectivity index (χ1) is 10.6. The predicted octanol–water partition coefficient (Wildman–Crippen LogP) is 1.99. The summed E-state index contributed by atoms with van der Waals surface area (Å²) in [6.07, 6.45) is 2.81. The Labute approximate surface area is 139 Å². The van der Waals surface area contributed by atoms with Crippen LogP contribution >= 0.6 is 0 Å². The quantitative estimate of drug-likeness (QED) is 0.843. The summed E-state index contributed by atoms with van der Waals surface area (Å²) in [4.78, 5) is 29.3. The van der Waals surface area contributed by atoms with E-state index in [9.17, 15) is 9.59 Å². The van der Waals surface area contributed by atoms with Gasteiger partial charge >= 0.3 is 6.09 Å². The molecule has 0 bridgehead atoms. The number of amides is 2. The van der Waals surface area contributed by atoms with Crippen LogP contribution in [0.5, 0.6) is 0 Å². The molecule has 23 heavy (non-hydrogen) atoms. The van der Waals surface area contributed by atoms with Crippen molar-refractivity contribution in [2.24, 2.45) is 0 Å². The third-order valence-electron chi connectivity index (χ3n) is 4.44. The molecule has 2 saturated heterocycles. The Kier molecular flexibility index (Phi) is 5.23. The maximum absolute atomic E-state index is 12.9. The molecule has 1 atom stereocenters. The van der Waals surface area contributed by atoms with E-state index in [0.29, 0.717) is 6.04 Å². The zero-order valence-electron chi connectivity index (χ0n) is 15.1. The van der Waals surface area contributed by atoms with Crippen molar-refractivity contribution in [3.8, 4) is 0 Å². The van der Waals surface area contributed by atoms with Crippen LogP contribution < -0.4 is 5.32 Å². The molecule has 132 valence electrons. The SMILES string of the molecule is CC(C)(C)OC(=O)NC(C)(C)C(=O)N1CCCN2CCCC2C1. The fourth-order valence-corrected chi connectivity index (χ4v) is 3.40. The number of nitrogens with one attached hydrogen (secondary N) is 1. The topological polar surface area (TPSA) is 61.9 Å². The van der Waals surface area contributed by atoms with E-state index in [1.165, 1.54) is 6.42 Å². The summed E-state index contributed by atoms with van der Waals surface area (Å²) >= 11 is 0. The van der Waals surface area contributed by atoms with Gasteiger partial charge in [0.15, 0.2) is 0 Å². The average Bonchev–Trinajstić information content (AvgIpc) is 2.72. The zero-order valence-corrected chi connectivity index (χ0v) is 15.1. The van der Waals surface area contributed by atoms with Gasteiger partial charge in [-0.25, -0.2) is 4.79 Å². The van der Waals surface area contributed by atoms with Crippen molar-refractivity contribution in [3.63, 3.8) is 0 Å². The highest BCUT2D eigenvalue weighted by atomic mass is 16.6. The minimum Gasteiger partial charge on any atom is -0.444 e. The van der Waals surface area contributed by atoms with Gasteiger partial charge in [-0.15, -0.1) is 0 Å². The monoisotopic (exact) mass is 325 g/mol. The molecule has 6 heteroatoms. The molecule has 0 aliphatic carbocycles. The van der Waals surface area contributed by atoms with Gasteiger partial charge in [-0.2, -0.15) is 0 Å². The first-order valence-electron chi connectivity index (χ1n) is 8.63. The fraction of sp³-hybridized carbons (Fsp3) is 0.882. The molecule has 0 saturated carbocycles. The standard InChI is InChI=1S/C17H31N3O3/c1-16(2,3)23-15(22)18-17(4,5)14(21)20-11-7-10-19-9-6-8-13(19)12-20/h13H,6-12H2,1-5H3,(H,18,22). The van der Waals surface area contributed by atoms with Gasteiger partial charge in [-0.3, -0.25) is 9.69 Å². The smallest absolute Gasteiger partial charge is 0.408 e. The molecule has 0 aromatic heterocycles. The van der Waals surface area contributed by atoms with Gasteiger partial charge in [-0.1, -0.05) is 0 Å². The molecule has 2 amide bonds. The van der Waals surface area contributed by atoms with Crippen molar-refractivity contribution in [1.82, 2.24) is 15.1 Å². The second kappa shape index (κ2) is 6.67. The van der Waals surface area contributed by atoms with Gasteiger partial charge in [-0.05, 0) is 60.4 Å². The summed E-state index contributed by atoms with van der Waals surface area (Å²) in [5.74, 6) is -0.0305. The summed E-state index contributed by atoms with van der Waals surface area (Å²) in [6.45, 7) is 12.7. The lowest BCUT2D eigenvalue weighted by atomic mass is 10.0. The second-order valence-corrected chi connectivity index (χ2v) is 8.19. The molecule has 0 aromatic carbocycles. The van der Waals surface area contributed by atoms with Gasteiger partial charge in [0.05, 0.1) is 0 Å². The van der Waals surface area contributed by atoms with Crippen LogP contribution in [0.25, 0.3) is 0 Å². The van der Waals surface area contributed by atoms with Crippen LogP contribution in [0.4, 0.5) is 4.79 Å². The Balaban J connectivity index is 1.98. The first kappa shape index (κ1) is 18.0. The minimum atomic E-state index is -0.962. The van der Waals surface area contributed by atoms with Crippen LogP contribution in [0.15, 0.2) is 0 Å². The van der Waals surface area contributed by atoms with E-state index in [1.807, 2.05) is 25.7 Å². The third kappa shape index (κ3) is 4.83. The Morgan fingerprint density at radius 2 is 1.70 bits per heavy atom. The minimum absolute atomic E-state index is 0.0305. The predicted molar refractivity (Wildman–Crippen MR) is 89.2 cm³/mol. The summed E-state index contributed by atoms with van der Waals surface area (Å²) < 4.78 is 5.28. The van der Waals surface area contributed by atoms with Gasteiger partial charge in [0.25, 0.3) is 0 Å². The van der Waals surface area contributed by atoms with E-state index in [4.69, 9.17) is 4.74 Å². The third-order valence-corrected chi connectivity index (χ3v) is 4.44. The van der Waals surface area contributed by atoms with Crippen LogP contribution in [0, 0.1) is 0 Å². The van der Waals surface area contributed by atoms with Gasteiger partial charge in [0, 0.05) is 25.7 Å². The van der Waals surface area contributed by atoms with Gasteiger partial charge in [0.1, 0.15) is 11.1 Å². The van der Waals surface area contributed by atoms with Gasteiger partial charge in [0.2, 0.25) is 5.91 Å². The van der Waals surface area contributed by atoms with E-state index in [1.54, 1.807) is 13.8 Å². The van der Waals surface area contributed by atoms with E-state index >= 15 is 0 Å². The number of alkyl carbamates (subject to hydrolysis) is 1. The molecule has 0 spiro atoms. The molecular formula is C17H31N3O3. The summed E-state index contributed by atoms with van der Waals surface area (Å²) in [6, 6.07) is 0.471. The number of hydrogen-bond donors (Lipinski definition) is 1. The van der Waals surface area contributed by atoms with Crippen molar-refractivity contribution in [2.75, 3.05) is 26.2 Å². The highest BCUT2D eigenvalue weighted by Gasteiger charge is 2.38. The van der Waals surface area contributed by atoms with Crippen LogP contribution in [0.1, 0.15) is 53.9 Å². The van der Waals surface area contributed by atoms with E-state index in [2.05, 4.69) is 10.2 Å². The molecule has 2 rings (SSSR count). The lowest BCUT2D eigenvalue weighted by Gasteiger charge is -2.34. The number of rotatable bonds is 2. The number of carbonyl (C=O) groups is 2. The Morgan fingerprint density at radius 1 is 1.04 bits per heavy atom. The van der Waals surface area contributed by atoms with Gasteiger partial charge < -0.3 is 15.0 Å². The molecule has 2 fully saturated rings. The van der Waals surface area contributed by atoms with Crippen molar-refractivity contribution in [3.05, 3.63) is 0 Å². The zero-order chi connectivity index (χ0) is 17.3. The number of hydrogen-bond acceptors (Lipinski definition) is 4. The Morgan fingerprint density at radius 3 is 2.35 bits per heavy atom. The first-order valence-corrected chi connectivity index (χ1v) is 8.63. The lowest BCUT2D eigenvalue weighted by Crippen LogP contribution is -2.57. The fourth-order valence-electron chi connectivity index (χ4n) is 3.40. The molecule has 0 aromatic rings. The molecule has 6 nitrogen and oxygen atoms in total. The average molecular weight is 325 g/mol. The Hall–Kier alpha value is -1.30. The largest absolute Gasteiger partial charge is 0.444 e. The van der Waals surface area contributed by atoms with Crippen molar-refractivity contribution < 1.29 is 14.3 Å². The summed E-state index contributed by atoms with van der Waals surface area (Å²) in [5, 5.41) is 2.72. The Bertz CT molecular complexity index is 456. The van der Waals surface area contributed by atoms with E-state index in [-0.39, 0.29) is 5.91 Å². The van der Waals surface area contributed by atoms with E-state index in [0.717, 1.165) is 39.0 Å². The molecule has 1 unspecified atom stereocenters. The normalized spacial score (nSPS) is 23.2. The highest BCUT2D eigenvalue weighted by Crippen LogP contribution is 2.23. The van der Waals surface area contributed by atoms with Crippen molar-refractivity contribution in [1.29, 1.82) is 0 Å². The molecule has 2 aliphatic heterocycles. The van der Waals surface area contributed by atoms with Crippen LogP contribution in [0.2, 0.25) is 0 Å². The number of carbonyl (C=O) groups excluding carboxylic acids is 2. The van der Waals surface area contributed by atoms with Crippen LogP contribution in [-0.2, 0) is 9.53 Å². The number of fused-ring (bicyclic) bond motifs is 1. The summed E-state index contributed by atoms with van der Waals surface area (Å²) in [7, 11) is 0. The summed E-state index contributed by atoms with van der Waals surface area (Å²) in [5.41, 5.74) is -1.54. The van der Waals surface area contributed by atoms with Crippen LogP contribution in [-0.4, -0.2) is 65.2 Å². The molecule has 2 heterocycles. The van der Waals surface area contributed by atoms with Crippen molar-refractivity contribution in [2.45, 2.75) is 71.1 Å². The number of nitrogens with zero attached hydrogens (tertiary/aromatic N) is 2. The maximum Gasteiger partial charge on any atom is 0.408 e. The highest BCUT2D eigenvalue weighted by molar-refractivity contribution is 5.89. The lowest BCUT2D eigenvalue weighted by molar-refractivity contribution is -0.137. The molecule has 0 radical (unpaired) electrons. The molecule has 2 aliphatic rings. The number of ether oxygens (including phenoxy) is 1. The second-order valence-electron chi connectivity index (χ2n) is 8.19. The molecular weight excluding hydrogens is 294 g/mol. The van der Waals surface area contributed by atoms with Crippen molar-refractivity contribution >= 4 is 12.0 Å².